The number of carboxylic acid groups (broad SMARTS) is 1. The molecule has 3 atom stereocenters. The van der Waals surface area contributed by atoms with Crippen LogP contribution in [0, 0.1) is 11.3 Å². The lowest BCUT2D eigenvalue weighted by atomic mass is 9.84. The van der Waals surface area contributed by atoms with Crippen LogP contribution in [-0.4, -0.2) is 69.9 Å². The van der Waals surface area contributed by atoms with Gasteiger partial charge in [-0.15, -0.1) is 0 Å². The summed E-state index contributed by atoms with van der Waals surface area (Å²) in [4.78, 5) is 42.4. The number of hydrogen-bond donors (Lipinski definition) is 2. The molecule has 0 unspecified atom stereocenters. The zero-order chi connectivity index (χ0) is 25.7. The van der Waals surface area contributed by atoms with Crippen LogP contribution in [0.1, 0.15) is 88.0 Å². The van der Waals surface area contributed by atoms with Crippen LogP contribution in [0.4, 0.5) is 0 Å². The first-order chi connectivity index (χ1) is 15.0. The van der Waals surface area contributed by atoms with Crippen LogP contribution in [0.5, 0.6) is 0 Å². The van der Waals surface area contributed by atoms with Crippen LogP contribution in [0.25, 0.3) is 0 Å². The molecule has 2 N–H and O–H groups in total. The molecule has 2 amide bonds. The Labute approximate surface area is 201 Å². The Morgan fingerprint density at radius 3 is 2.18 bits per heavy atom. The normalized spacial score (nSPS) is 20.3. The van der Waals surface area contributed by atoms with E-state index in [0.29, 0.717) is 0 Å². The van der Waals surface area contributed by atoms with Crippen LogP contribution >= 0.6 is 0 Å². The van der Waals surface area contributed by atoms with Gasteiger partial charge in [0.05, 0.1) is 12.1 Å². The SMILES string of the molecule is CCC(C)(C)N1CCCC[C@@H]1C(=O)N[C@H](C(=O)N(C)[C@H](/C=C(\C)C(=O)O)C(C)C)C(C)(C)C. The quantitative estimate of drug-likeness (QED) is 0.501. The summed E-state index contributed by atoms with van der Waals surface area (Å²) in [5.74, 6) is -1.29. The molecule has 190 valence electrons. The molecule has 1 aliphatic heterocycles. The van der Waals surface area contributed by atoms with E-state index < -0.39 is 17.4 Å². The van der Waals surface area contributed by atoms with Gasteiger partial charge in [-0.05, 0) is 57.9 Å². The van der Waals surface area contributed by atoms with Gasteiger partial charge in [0.1, 0.15) is 6.04 Å². The van der Waals surface area contributed by atoms with Crippen molar-refractivity contribution in [1.29, 1.82) is 0 Å². The predicted octanol–water partition coefficient (Wildman–Crippen LogP) is 4.07. The van der Waals surface area contributed by atoms with Crippen molar-refractivity contribution in [3.05, 3.63) is 11.6 Å². The highest BCUT2D eigenvalue weighted by molar-refractivity contribution is 5.91. The third-order valence-electron chi connectivity index (χ3n) is 7.08. The average Bonchev–Trinajstić information content (AvgIpc) is 2.73. The van der Waals surface area contributed by atoms with E-state index in [4.69, 9.17) is 0 Å². The van der Waals surface area contributed by atoms with Crippen LogP contribution in [-0.2, 0) is 14.4 Å². The number of nitrogens with zero attached hydrogens (tertiary/aromatic N) is 2. The molecular formula is C26H47N3O4. The van der Waals surface area contributed by atoms with Gasteiger partial charge < -0.3 is 15.3 Å². The Bertz CT molecular complexity index is 736. The van der Waals surface area contributed by atoms with Crippen molar-refractivity contribution >= 4 is 17.8 Å². The van der Waals surface area contributed by atoms with Crippen LogP contribution in [0.2, 0.25) is 0 Å². The molecule has 0 aromatic rings. The lowest BCUT2D eigenvalue weighted by Gasteiger charge is -2.46. The molecule has 0 aliphatic carbocycles. The summed E-state index contributed by atoms with van der Waals surface area (Å²) >= 11 is 0. The van der Waals surface area contributed by atoms with E-state index in [9.17, 15) is 19.5 Å². The molecule has 1 aliphatic rings. The summed E-state index contributed by atoms with van der Waals surface area (Å²) in [7, 11) is 1.69. The number of aliphatic carboxylic acids is 1. The van der Waals surface area contributed by atoms with E-state index in [1.165, 1.54) is 6.92 Å². The molecule has 0 aromatic heterocycles. The molecule has 0 spiro atoms. The van der Waals surface area contributed by atoms with Gasteiger partial charge in [0.2, 0.25) is 11.8 Å². The Kier molecular flexibility index (Phi) is 10.2. The molecule has 0 radical (unpaired) electrons. The van der Waals surface area contributed by atoms with Crippen molar-refractivity contribution < 1.29 is 19.5 Å². The van der Waals surface area contributed by atoms with Crippen molar-refractivity contribution in [3.8, 4) is 0 Å². The number of nitrogens with one attached hydrogen (secondary N) is 1. The van der Waals surface area contributed by atoms with E-state index in [1.54, 1.807) is 18.0 Å². The minimum atomic E-state index is -1.00. The Morgan fingerprint density at radius 2 is 1.73 bits per heavy atom. The first-order valence-corrected chi connectivity index (χ1v) is 12.3. The van der Waals surface area contributed by atoms with Gasteiger partial charge in [-0.2, -0.15) is 0 Å². The fraction of sp³-hybridized carbons (Fsp3) is 0.808. The third kappa shape index (κ3) is 7.56. The molecule has 0 aromatic carbocycles. The highest BCUT2D eigenvalue weighted by Gasteiger charge is 2.41. The van der Waals surface area contributed by atoms with Crippen molar-refractivity contribution in [3.63, 3.8) is 0 Å². The summed E-state index contributed by atoms with van der Waals surface area (Å²) in [6.45, 7) is 18.6. The number of likely N-dealkylation sites (tertiary alicyclic amines) is 1. The summed E-state index contributed by atoms with van der Waals surface area (Å²) in [5.41, 5.74) is -0.403. The largest absolute Gasteiger partial charge is 0.478 e. The van der Waals surface area contributed by atoms with Crippen molar-refractivity contribution in [2.24, 2.45) is 11.3 Å². The predicted molar refractivity (Wildman–Crippen MR) is 133 cm³/mol. The second-order valence-corrected chi connectivity index (χ2v) is 11.5. The van der Waals surface area contributed by atoms with E-state index in [2.05, 4.69) is 31.0 Å². The highest BCUT2D eigenvalue weighted by atomic mass is 16.4. The summed E-state index contributed by atoms with van der Waals surface area (Å²) < 4.78 is 0. The van der Waals surface area contributed by atoms with Gasteiger partial charge in [-0.25, -0.2) is 4.79 Å². The van der Waals surface area contributed by atoms with Gasteiger partial charge >= 0.3 is 5.97 Å². The zero-order valence-corrected chi connectivity index (χ0v) is 22.5. The summed E-state index contributed by atoms with van der Waals surface area (Å²) in [6.07, 6.45) is 5.41. The fourth-order valence-corrected chi connectivity index (χ4v) is 4.45. The minimum absolute atomic E-state index is 0.0174. The van der Waals surface area contributed by atoms with E-state index in [-0.39, 0.29) is 40.9 Å². The monoisotopic (exact) mass is 465 g/mol. The number of piperidine rings is 1. The van der Waals surface area contributed by atoms with Gasteiger partial charge in [0, 0.05) is 18.2 Å². The van der Waals surface area contributed by atoms with E-state index >= 15 is 0 Å². The van der Waals surface area contributed by atoms with Crippen LogP contribution < -0.4 is 5.32 Å². The molecular weight excluding hydrogens is 418 g/mol. The number of carbonyl (C=O) groups is 3. The lowest BCUT2D eigenvalue weighted by molar-refractivity contribution is -0.142. The number of carboxylic acids is 1. The topological polar surface area (TPSA) is 90.0 Å². The molecule has 1 fully saturated rings. The first-order valence-electron chi connectivity index (χ1n) is 12.3. The maximum atomic E-state index is 13.7. The number of amides is 2. The van der Waals surface area contributed by atoms with Gasteiger partial charge in [-0.3, -0.25) is 14.5 Å². The maximum absolute atomic E-state index is 13.7. The van der Waals surface area contributed by atoms with Crippen LogP contribution in [0.15, 0.2) is 11.6 Å². The minimum Gasteiger partial charge on any atom is -0.478 e. The number of likely N-dealkylation sites (N-methyl/N-ethyl adjacent to an activating group) is 1. The molecule has 1 saturated heterocycles. The Morgan fingerprint density at radius 1 is 1.15 bits per heavy atom. The molecule has 7 heteroatoms. The van der Waals surface area contributed by atoms with E-state index in [1.807, 2.05) is 34.6 Å². The Balaban J connectivity index is 3.21. The molecule has 33 heavy (non-hydrogen) atoms. The molecule has 7 nitrogen and oxygen atoms in total. The third-order valence-corrected chi connectivity index (χ3v) is 7.08. The molecule has 0 saturated carbocycles. The van der Waals surface area contributed by atoms with E-state index in [0.717, 1.165) is 32.2 Å². The number of hydrogen-bond acceptors (Lipinski definition) is 4. The van der Waals surface area contributed by atoms with Gasteiger partial charge in [0.15, 0.2) is 0 Å². The smallest absolute Gasteiger partial charge is 0.331 e. The molecule has 1 heterocycles. The number of carbonyl (C=O) groups excluding carboxylic acids is 2. The van der Waals surface area contributed by atoms with Crippen molar-refractivity contribution in [2.45, 2.75) is 112 Å². The fourth-order valence-electron chi connectivity index (χ4n) is 4.45. The van der Waals surface area contributed by atoms with Gasteiger partial charge in [-0.1, -0.05) is 54.0 Å². The average molecular weight is 466 g/mol. The first kappa shape index (κ1) is 29.1. The second kappa shape index (κ2) is 11.5. The summed E-state index contributed by atoms with van der Waals surface area (Å²) in [5, 5.41) is 12.4. The Hall–Kier alpha value is -1.89. The summed E-state index contributed by atoms with van der Waals surface area (Å²) in [6, 6.07) is -1.37. The zero-order valence-electron chi connectivity index (χ0n) is 22.5. The van der Waals surface area contributed by atoms with Gasteiger partial charge in [0.25, 0.3) is 0 Å². The van der Waals surface area contributed by atoms with Crippen molar-refractivity contribution in [2.75, 3.05) is 13.6 Å². The van der Waals surface area contributed by atoms with Crippen LogP contribution in [0.3, 0.4) is 0 Å². The standard InChI is InChI=1S/C26H47N3O4/c1-11-26(8,9)29-15-13-12-14-19(29)22(30)27-21(25(5,6)7)23(31)28(10)20(17(2)3)16-18(4)24(32)33/h16-17,19-21H,11-15H2,1-10H3,(H,27,30)(H,32,33)/b18-16+/t19-,20-,21-/m1/s1. The van der Waals surface area contributed by atoms with Crippen molar-refractivity contribution in [1.82, 2.24) is 15.1 Å². The maximum Gasteiger partial charge on any atom is 0.331 e. The number of rotatable bonds is 9. The lowest BCUT2D eigenvalue weighted by Crippen LogP contribution is -2.62. The molecule has 0 bridgehead atoms. The highest BCUT2D eigenvalue weighted by Crippen LogP contribution is 2.29. The second-order valence-electron chi connectivity index (χ2n) is 11.5. The molecule has 1 rings (SSSR count).